The summed E-state index contributed by atoms with van der Waals surface area (Å²) in [5.74, 6) is -0.556. The van der Waals surface area contributed by atoms with Gasteiger partial charge < -0.3 is 9.64 Å². The summed E-state index contributed by atoms with van der Waals surface area (Å²) in [4.78, 5) is 25.5. The van der Waals surface area contributed by atoms with Crippen molar-refractivity contribution in [1.29, 1.82) is 0 Å². The minimum Gasteiger partial charge on any atom is -0.406 e. The van der Waals surface area contributed by atoms with Crippen LogP contribution in [0.2, 0.25) is 0 Å². The average Bonchev–Trinajstić information content (AvgIpc) is 3.32. The Bertz CT molecular complexity index is 1240. The van der Waals surface area contributed by atoms with Gasteiger partial charge >= 0.3 is 6.36 Å². The fourth-order valence-electron chi connectivity index (χ4n) is 2.93. The number of carbonyl (C=O) groups is 1. The monoisotopic (exact) mass is 466 g/mol. The molecule has 2 aromatic heterocycles. The van der Waals surface area contributed by atoms with Crippen molar-refractivity contribution in [2.45, 2.75) is 6.36 Å². The van der Waals surface area contributed by atoms with Crippen molar-refractivity contribution in [1.82, 2.24) is 14.9 Å². The Morgan fingerprint density at radius 2 is 1.84 bits per heavy atom. The number of ether oxygens (including phenoxy) is 1. The quantitative estimate of drug-likeness (QED) is 0.400. The first-order valence-electron chi connectivity index (χ1n) is 9.16. The Kier molecular flexibility index (Phi) is 5.82. The van der Waals surface area contributed by atoms with Gasteiger partial charge in [0.2, 0.25) is 0 Å². The highest BCUT2D eigenvalue weighted by Gasteiger charge is 2.31. The molecule has 0 radical (unpaired) electrons. The molecule has 0 atom stereocenters. The van der Waals surface area contributed by atoms with Gasteiger partial charge in [-0.3, -0.25) is 9.69 Å². The zero-order chi connectivity index (χ0) is 22.2. The molecule has 0 spiro atoms. The van der Waals surface area contributed by atoms with Crippen molar-refractivity contribution >= 4 is 54.1 Å². The fourth-order valence-corrected chi connectivity index (χ4v) is 4.67. The number of hydrogen-bond acceptors (Lipinski definition) is 7. The zero-order valence-electron chi connectivity index (χ0n) is 16.5. The number of anilines is 1. The van der Waals surface area contributed by atoms with E-state index in [-0.39, 0.29) is 11.7 Å². The van der Waals surface area contributed by atoms with Crippen LogP contribution in [0.1, 0.15) is 10.4 Å². The number of amides is 1. The van der Waals surface area contributed by atoms with E-state index >= 15 is 0 Å². The molecule has 0 aliphatic rings. The third kappa shape index (κ3) is 4.94. The molecule has 0 fully saturated rings. The SMILES string of the molecule is CN(C)CCN(C(=O)c1ccc2ncsc2c1)c1nc2ccc(OC(F)(F)F)cc2s1. The first-order chi connectivity index (χ1) is 14.7. The van der Waals surface area contributed by atoms with Crippen LogP contribution in [0.3, 0.4) is 0 Å². The number of fused-ring (bicyclic) bond motifs is 2. The highest BCUT2D eigenvalue weighted by molar-refractivity contribution is 7.22. The molecule has 0 saturated carbocycles. The van der Waals surface area contributed by atoms with E-state index < -0.39 is 6.36 Å². The number of likely N-dealkylation sites (N-methyl/N-ethyl adjacent to an activating group) is 1. The third-order valence-electron chi connectivity index (χ3n) is 4.41. The number of halogens is 3. The number of carbonyl (C=O) groups excluding carboxylic acids is 1. The lowest BCUT2D eigenvalue weighted by atomic mass is 10.2. The van der Waals surface area contributed by atoms with Crippen molar-refractivity contribution < 1.29 is 22.7 Å². The van der Waals surface area contributed by atoms with Crippen molar-refractivity contribution in [3.8, 4) is 5.75 Å². The number of rotatable bonds is 6. The minimum atomic E-state index is -4.77. The Morgan fingerprint density at radius 3 is 2.58 bits per heavy atom. The number of alkyl halides is 3. The molecular weight excluding hydrogens is 449 g/mol. The first kappa shape index (κ1) is 21.5. The lowest BCUT2D eigenvalue weighted by Crippen LogP contribution is -2.36. The molecule has 4 rings (SSSR count). The van der Waals surface area contributed by atoms with Gasteiger partial charge in [-0.05, 0) is 44.4 Å². The number of nitrogens with zero attached hydrogens (tertiary/aromatic N) is 4. The number of hydrogen-bond donors (Lipinski definition) is 0. The van der Waals surface area contributed by atoms with Crippen LogP contribution in [0, 0.1) is 0 Å². The lowest BCUT2D eigenvalue weighted by Gasteiger charge is -2.22. The van der Waals surface area contributed by atoms with Crippen molar-refractivity contribution in [2.75, 3.05) is 32.1 Å². The normalized spacial score (nSPS) is 12.1. The Labute approximate surface area is 183 Å². The summed E-state index contributed by atoms with van der Waals surface area (Å²) in [5, 5.41) is 0.412. The van der Waals surface area contributed by atoms with E-state index in [9.17, 15) is 18.0 Å². The molecule has 0 saturated heterocycles. The molecule has 4 aromatic rings. The van der Waals surface area contributed by atoms with Crippen LogP contribution < -0.4 is 9.64 Å². The number of aromatic nitrogens is 2. The van der Waals surface area contributed by atoms with Crippen LogP contribution in [0.25, 0.3) is 20.4 Å². The standard InChI is InChI=1S/C20H17F3N4O2S2/c1-26(2)7-8-27(18(28)12-3-5-14-16(9-12)30-11-24-14)19-25-15-6-4-13(10-17(15)31-19)29-20(21,22)23/h3-6,9-11H,7-8H2,1-2H3. The molecule has 1 amide bonds. The molecule has 0 bridgehead atoms. The van der Waals surface area contributed by atoms with Crippen molar-refractivity contribution in [3.05, 3.63) is 47.5 Å². The molecule has 2 aromatic carbocycles. The fraction of sp³-hybridized carbons (Fsp3) is 0.250. The maximum absolute atomic E-state index is 13.3. The molecule has 0 aliphatic heterocycles. The lowest BCUT2D eigenvalue weighted by molar-refractivity contribution is -0.274. The summed E-state index contributed by atoms with van der Waals surface area (Å²) in [6.45, 7) is 0.963. The van der Waals surface area contributed by atoms with Crippen LogP contribution in [0.4, 0.5) is 18.3 Å². The molecule has 0 aliphatic carbocycles. The molecule has 11 heteroatoms. The summed E-state index contributed by atoms with van der Waals surface area (Å²) >= 11 is 2.59. The van der Waals surface area contributed by atoms with Gasteiger partial charge in [0.05, 0.1) is 25.9 Å². The Balaban J connectivity index is 1.69. The van der Waals surface area contributed by atoms with Gasteiger partial charge in [-0.2, -0.15) is 0 Å². The van der Waals surface area contributed by atoms with E-state index in [4.69, 9.17) is 0 Å². The molecular formula is C20H17F3N4O2S2. The summed E-state index contributed by atoms with van der Waals surface area (Å²) < 4.78 is 43.0. The number of thiazole rings is 2. The summed E-state index contributed by atoms with van der Waals surface area (Å²) in [6, 6.07) is 9.25. The second kappa shape index (κ2) is 8.40. The van der Waals surface area contributed by atoms with E-state index in [1.54, 1.807) is 28.6 Å². The maximum Gasteiger partial charge on any atom is 0.573 e. The molecule has 162 valence electrons. The van der Waals surface area contributed by atoms with Crippen molar-refractivity contribution in [3.63, 3.8) is 0 Å². The molecule has 2 heterocycles. The molecule has 6 nitrogen and oxygen atoms in total. The van der Waals surface area contributed by atoms with Crippen LogP contribution in [0.15, 0.2) is 41.9 Å². The predicted molar refractivity (Wildman–Crippen MR) is 116 cm³/mol. The zero-order valence-corrected chi connectivity index (χ0v) is 18.1. The molecule has 0 N–H and O–H groups in total. The van der Waals surface area contributed by atoms with Gasteiger partial charge in [0.25, 0.3) is 5.91 Å². The predicted octanol–water partition coefficient (Wildman–Crippen LogP) is 5.01. The van der Waals surface area contributed by atoms with E-state index in [0.717, 1.165) is 21.6 Å². The molecule has 31 heavy (non-hydrogen) atoms. The largest absolute Gasteiger partial charge is 0.573 e. The van der Waals surface area contributed by atoms with Gasteiger partial charge in [0.15, 0.2) is 5.13 Å². The summed E-state index contributed by atoms with van der Waals surface area (Å²) in [5.41, 5.74) is 3.53. The first-order valence-corrected chi connectivity index (χ1v) is 10.9. The highest BCUT2D eigenvalue weighted by Crippen LogP contribution is 2.34. The van der Waals surface area contributed by atoms with E-state index in [2.05, 4.69) is 14.7 Å². The van der Waals surface area contributed by atoms with Crippen LogP contribution in [0.5, 0.6) is 5.75 Å². The van der Waals surface area contributed by atoms with E-state index in [0.29, 0.717) is 34.0 Å². The van der Waals surface area contributed by atoms with Gasteiger partial charge in [-0.1, -0.05) is 11.3 Å². The maximum atomic E-state index is 13.3. The Hall–Kier alpha value is -2.76. The van der Waals surface area contributed by atoms with Crippen molar-refractivity contribution in [2.24, 2.45) is 0 Å². The van der Waals surface area contributed by atoms with E-state index in [1.165, 1.54) is 29.5 Å². The van der Waals surface area contributed by atoms with Crippen LogP contribution >= 0.6 is 22.7 Å². The van der Waals surface area contributed by atoms with Gasteiger partial charge in [0.1, 0.15) is 5.75 Å². The van der Waals surface area contributed by atoms with Gasteiger partial charge in [-0.25, -0.2) is 9.97 Å². The third-order valence-corrected chi connectivity index (χ3v) is 6.24. The van der Waals surface area contributed by atoms with E-state index in [1.807, 2.05) is 19.0 Å². The van der Waals surface area contributed by atoms with Gasteiger partial charge in [-0.15, -0.1) is 24.5 Å². The second-order valence-corrected chi connectivity index (χ2v) is 8.86. The van der Waals surface area contributed by atoms with Crippen LogP contribution in [-0.4, -0.2) is 54.3 Å². The minimum absolute atomic E-state index is 0.233. The molecule has 0 unspecified atom stereocenters. The van der Waals surface area contributed by atoms with Gasteiger partial charge in [0, 0.05) is 24.7 Å². The summed E-state index contributed by atoms with van der Waals surface area (Å²) in [6.07, 6.45) is -4.77. The topological polar surface area (TPSA) is 58.6 Å². The summed E-state index contributed by atoms with van der Waals surface area (Å²) in [7, 11) is 3.79. The second-order valence-electron chi connectivity index (χ2n) is 6.97. The number of benzene rings is 2. The average molecular weight is 467 g/mol. The van der Waals surface area contributed by atoms with Crippen LogP contribution in [-0.2, 0) is 0 Å². The highest BCUT2D eigenvalue weighted by atomic mass is 32.1. The Morgan fingerprint density at radius 1 is 1.06 bits per heavy atom. The smallest absolute Gasteiger partial charge is 0.406 e.